The molecule has 0 aliphatic carbocycles. The number of sulfonamides is 1. The number of hydrogen-bond donors (Lipinski definition) is 2. The van der Waals surface area contributed by atoms with Crippen molar-refractivity contribution in [3.63, 3.8) is 0 Å². The predicted octanol–water partition coefficient (Wildman–Crippen LogP) is 5.18. The molecule has 184 valence electrons. The number of nitrogens with zero attached hydrogens (tertiary/aromatic N) is 1. The maximum Gasteiger partial charge on any atom is 0.261 e. The Kier molecular flexibility index (Phi) is 9.01. The number of carbonyl (C=O) groups is 1. The lowest BCUT2D eigenvalue weighted by Crippen LogP contribution is -2.34. The molecule has 0 bridgehead atoms. The summed E-state index contributed by atoms with van der Waals surface area (Å²) in [5.41, 5.74) is 1.76. The van der Waals surface area contributed by atoms with Crippen molar-refractivity contribution >= 4 is 54.9 Å². The molecule has 0 radical (unpaired) electrons. The van der Waals surface area contributed by atoms with Gasteiger partial charge >= 0.3 is 0 Å². The van der Waals surface area contributed by atoms with Crippen LogP contribution in [0.25, 0.3) is 0 Å². The Bertz CT molecular complexity index is 1300. The first-order valence-electron chi connectivity index (χ1n) is 10.7. The number of hydrogen-bond acceptors (Lipinski definition) is 5. The Hall–Kier alpha value is -2.79. The third-order valence-corrected chi connectivity index (χ3v) is 7.36. The van der Waals surface area contributed by atoms with Crippen molar-refractivity contribution in [3.05, 3.63) is 88.4 Å². The summed E-state index contributed by atoms with van der Waals surface area (Å²) >= 11 is 8.64. The SMILES string of the molecule is CC(C)Oc1ccc(Br)cc1C(=O)NC(=S)Nc1ccc(S(=O)(=O)N(C)Cc2ccccc2)cc1. The molecular formula is C25H26BrN3O4S2. The fraction of sp³-hybridized carbons (Fsp3) is 0.200. The van der Waals surface area contributed by atoms with E-state index in [1.165, 1.54) is 16.4 Å². The van der Waals surface area contributed by atoms with Crippen molar-refractivity contribution < 1.29 is 17.9 Å². The lowest BCUT2D eigenvalue weighted by Gasteiger charge is -2.18. The Morgan fingerprint density at radius 2 is 1.71 bits per heavy atom. The summed E-state index contributed by atoms with van der Waals surface area (Å²) in [5.74, 6) is 0.0128. The number of amides is 1. The fourth-order valence-corrected chi connectivity index (χ4v) is 4.92. The van der Waals surface area contributed by atoms with Crippen molar-refractivity contribution in [2.24, 2.45) is 0 Å². The first kappa shape index (κ1) is 26.8. The maximum atomic E-state index is 12.9. The molecule has 0 aliphatic rings. The Balaban J connectivity index is 1.65. The van der Waals surface area contributed by atoms with E-state index in [2.05, 4.69) is 26.6 Å². The van der Waals surface area contributed by atoms with Gasteiger partial charge in [-0.15, -0.1) is 0 Å². The fourth-order valence-electron chi connectivity index (χ4n) is 3.18. The molecular weight excluding hydrogens is 550 g/mol. The van der Waals surface area contributed by atoms with Crippen molar-refractivity contribution in [2.75, 3.05) is 12.4 Å². The number of nitrogens with one attached hydrogen (secondary N) is 2. The zero-order valence-corrected chi connectivity index (χ0v) is 22.7. The van der Waals surface area contributed by atoms with Crippen molar-refractivity contribution in [3.8, 4) is 5.75 Å². The summed E-state index contributed by atoms with van der Waals surface area (Å²) in [7, 11) is -2.13. The molecule has 3 rings (SSSR count). The predicted molar refractivity (Wildman–Crippen MR) is 145 cm³/mol. The van der Waals surface area contributed by atoms with Gasteiger partial charge in [0.2, 0.25) is 10.0 Å². The van der Waals surface area contributed by atoms with E-state index in [1.54, 1.807) is 37.4 Å². The standard InChI is InChI=1S/C25H26BrN3O4S2/c1-17(2)33-23-14-9-19(26)15-22(23)24(30)28-25(34)27-20-10-12-21(13-11-20)35(31,32)29(3)16-18-7-5-4-6-8-18/h4-15,17H,16H2,1-3H3,(H2,27,28,30,34). The summed E-state index contributed by atoms with van der Waals surface area (Å²) in [6.45, 7) is 4.01. The third-order valence-electron chi connectivity index (χ3n) is 4.84. The smallest absolute Gasteiger partial charge is 0.261 e. The van der Waals surface area contributed by atoms with E-state index < -0.39 is 15.9 Å². The van der Waals surface area contributed by atoms with Gasteiger partial charge in [0.1, 0.15) is 5.75 Å². The number of anilines is 1. The van der Waals surface area contributed by atoms with Crippen molar-refractivity contribution in [1.29, 1.82) is 0 Å². The molecule has 35 heavy (non-hydrogen) atoms. The van der Waals surface area contributed by atoms with Crippen LogP contribution in [0, 0.1) is 0 Å². The zero-order valence-electron chi connectivity index (χ0n) is 19.5. The molecule has 2 N–H and O–H groups in total. The van der Waals surface area contributed by atoms with Gasteiger partial charge in [-0.05, 0) is 74.1 Å². The van der Waals surface area contributed by atoms with Crippen LogP contribution in [0.15, 0.2) is 82.2 Å². The molecule has 1 amide bonds. The molecule has 0 saturated heterocycles. The highest BCUT2D eigenvalue weighted by atomic mass is 79.9. The van der Waals surface area contributed by atoms with Crippen LogP contribution in [0.4, 0.5) is 5.69 Å². The minimum atomic E-state index is -3.67. The van der Waals surface area contributed by atoms with Crippen LogP contribution in [0.3, 0.4) is 0 Å². The van der Waals surface area contributed by atoms with Crippen LogP contribution >= 0.6 is 28.1 Å². The van der Waals surface area contributed by atoms with Gasteiger partial charge in [0.25, 0.3) is 5.91 Å². The first-order chi connectivity index (χ1) is 16.6. The van der Waals surface area contributed by atoms with E-state index in [0.717, 1.165) is 10.0 Å². The van der Waals surface area contributed by atoms with Crippen LogP contribution in [0.2, 0.25) is 0 Å². The first-order valence-corrected chi connectivity index (χ1v) is 13.4. The van der Waals surface area contributed by atoms with Crippen LogP contribution in [-0.2, 0) is 16.6 Å². The van der Waals surface area contributed by atoms with E-state index in [-0.39, 0.29) is 22.7 Å². The average Bonchev–Trinajstić information content (AvgIpc) is 2.80. The summed E-state index contributed by atoms with van der Waals surface area (Å²) < 4.78 is 33.6. The van der Waals surface area contributed by atoms with Crippen LogP contribution in [0.5, 0.6) is 5.75 Å². The summed E-state index contributed by atoms with van der Waals surface area (Å²) in [6.07, 6.45) is -0.102. The van der Waals surface area contributed by atoms with Crippen molar-refractivity contribution in [2.45, 2.75) is 31.4 Å². The molecule has 3 aromatic carbocycles. The van der Waals surface area contributed by atoms with Crippen LogP contribution in [0.1, 0.15) is 29.8 Å². The van der Waals surface area contributed by atoms with Gasteiger partial charge in [-0.3, -0.25) is 10.1 Å². The molecule has 0 aromatic heterocycles. The van der Waals surface area contributed by atoms with E-state index in [0.29, 0.717) is 17.0 Å². The van der Waals surface area contributed by atoms with Crippen molar-refractivity contribution in [1.82, 2.24) is 9.62 Å². The molecule has 7 nitrogen and oxygen atoms in total. The minimum Gasteiger partial charge on any atom is -0.490 e. The second-order valence-corrected chi connectivity index (χ2v) is 11.4. The molecule has 0 unspecified atom stereocenters. The molecule has 0 spiro atoms. The minimum absolute atomic E-state index is 0.0716. The third kappa shape index (κ3) is 7.35. The highest BCUT2D eigenvalue weighted by Crippen LogP contribution is 2.24. The Morgan fingerprint density at radius 1 is 1.06 bits per heavy atom. The Labute approximate surface area is 219 Å². The quantitative estimate of drug-likeness (QED) is 0.360. The monoisotopic (exact) mass is 575 g/mol. The molecule has 0 atom stereocenters. The maximum absolute atomic E-state index is 12.9. The van der Waals surface area contributed by atoms with Gasteiger partial charge in [-0.1, -0.05) is 46.3 Å². The summed E-state index contributed by atoms with van der Waals surface area (Å²) in [5, 5.41) is 5.61. The highest BCUT2D eigenvalue weighted by molar-refractivity contribution is 9.10. The molecule has 3 aromatic rings. The normalized spacial score (nSPS) is 11.4. The summed E-state index contributed by atoms with van der Waals surface area (Å²) in [6, 6.07) is 20.7. The van der Waals surface area contributed by atoms with E-state index in [1.807, 2.05) is 44.2 Å². The number of carbonyl (C=O) groups excluding carboxylic acids is 1. The van der Waals surface area contributed by atoms with Gasteiger partial charge in [-0.25, -0.2) is 8.42 Å². The number of halogens is 1. The second-order valence-electron chi connectivity index (χ2n) is 7.99. The lowest BCUT2D eigenvalue weighted by atomic mass is 10.2. The van der Waals surface area contributed by atoms with Crippen LogP contribution < -0.4 is 15.4 Å². The summed E-state index contributed by atoms with van der Waals surface area (Å²) in [4.78, 5) is 12.9. The van der Waals surface area contributed by atoms with Gasteiger partial charge in [0.15, 0.2) is 5.11 Å². The Morgan fingerprint density at radius 3 is 2.34 bits per heavy atom. The molecule has 10 heteroatoms. The number of ether oxygens (including phenoxy) is 1. The molecule has 0 fully saturated rings. The zero-order chi connectivity index (χ0) is 25.6. The van der Waals surface area contributed by atoms with Crippen LogP contribution in [-0.4, -0.2) is 36.9 Å². The van der Waals surface area contributed by atoms with Gasteiger partial charge in [0.05, 0.1) is 16.6 Å². The number of rotatable bonds is 8. The molecule has 0 heterocycles. The van der Waals surface area contributed by atoms with E-state index in [9.17, 15) is 13.2 Å². The second kappa shape index (κ2) is 11.8. The van der Waals surface area contributed by atoms with Gasteiger partial charge in [0, 0.05) is 23.8 Å². The molecule has 0 aliphatic heterocycles. The number of benzene rings is 3. The molecule has 0 saturated carbocycles. The average molecular weight is 577 g/mol. The lowest BCUT2D eigenvalue weighted by molar-refractivity contribution is 0.0972. The highest BCUT2D eigenvalue weighted by Gasteiger charge is 2.21. The van der Waals surface area contributed by atoms with Gasteiger partial charge < -0.3 is 10.1 Å². The largest absolute Gasteiger partial charge is 0.490 e. The van der Waals surface area contributed by atoms with Gasteiger partial charge in [-0.2, -0.15) is 4.31 Å². The van der Waals surface area contributed by atoms with E-state index >= 15 is 0 Å². The number of thiocarbonyl (C=S) groups is 1. The van der Waals surface area contributed by atoms with E-state index in [4.69, 9.17) is 17.0 Å². The topological polar surface area (TPSA) is 87.7 Å².